The van der Waals surface area contributed by atoms with Gasteiger partial charge in [0.2, 0.25) is 0 Å². The molecule has 0 aliphatic rings. The highest BCUT2D eigenvalue weighted by molar-refractivity contribution is 5.74. The van der Waals surface area contributed by atoms with Gasteiger partial charge in [-0.3, -0.25) is 9.59 Å². The summed E-state index contributed by atoms with van der Waals surface area (Å²) in [4.78, 5) is 30.5. The Kier molecular flexibility index (Phi) is 5.90. The van der Waals surface area contributed by atoms with Gasteiger partial charge < -0.3 is 20.2 Å². The van der Waals surface area contributed by atoms with Crippen LogP contribution in [0.5, 0.6) is 0 Å². The SMILES string of the molecule is CCOC(=O)Cc1c(N)nc(C(CC)(CC)OC)[nH]c1=O. The van der Waals surface area contributed by atoms with Crippen molar-refractivity contribution in [3.8, 4) is 0 Å². The van der Waals surface area contributed by atoms with Crippen LogP contribution < -0.4 is 11.3 Å². The Hall–Kier alpha value is -1.89. The number of rotatable bonds is 7. The van der Waals surface area contributed by atoms with Crippen molar-refractivity contribution >= 4 is 11.8 Å². The molecule has 0 atom stereocenters. The maximum Gasteiger partial charge on any atom is 0.310 e. The van der Waals surface area contributed by atoms with Gasteiger partial charge in [-0.1, -0.05) is 13.8 Å². The first-order valence-corrected chi connectivity index (χ1v) is 7.03. The van der Waals surface area contributed by atoms with Crippen molar-refractivity contribution in [1.29, 1.82) is 0 Å². The van der Waals surface area contributed by atoms with E-state index in [0.29, 0.717) is 18.7 Å². The molecule has 118 valence electrons. The number of methoxy groups -OCH3 is 1. The first-order chi connectivity index (χ1) is 9.93. The second-order valence-electron chi connectivity index (χ2n) is 4.67. The lowest BCUT2D eigenvalue weighted by molar-refractivity contribution is -0.142. The predicted octanol–water partition coefficient (Wildman–Crippen LogP) is 1.12. The number of esters is 1. The molecule has 0 fully saturated rings. The van der Waals surface area contributed by atoms with Crippen LogP contribution >= 0.6 is 0 Å². The van der Waals surface area contributed by atoms with Crippen molar-refractivity contribution in [1.82, 2.24) is 9.97 Å². The van der Waals surface area contributed by atoms with Gasteiger partial charge in [0.1, 0.15) is 17.2 Å². The average Bonchev–Trinajstić information content (AvgIpc) is 2.46. The molecule has 0 amide bonds. The van der Waals surface area contributed by atoms with Crippen molar-refractivity contribution in [3.63, 3.8) is 0 Å². The minimum absolute atomic E-state index is 0.0325. The van der Waals surface area contributed by atoms with Gasteiger partial charge in [0.05, 0.1) is 18.6 Å². The summed E-state index contributed by atoms with van der Waals surface area (Å²) in [5.41, 5.74) is 4.83. The van der Waals surface area contributed by atoms with Gasteiger partial charge in [-0.05, 0) is 19.8 Å². The summed E-state index contributed by atoms with van der Waals surface area (Å²) in [6.45, 7) is 5.83. The number of carbonyl (C=O) groups is 1. The van der Waals surface area contributed by atoms with Crippen molar-refractivity contribution in [3.05, 3.63) is 21.7 Å². The molecule has 1 rings (SSSR count). The molecule has 0 bridgehead atoms. The van der Waals surface area contributed by atoms with E-state index in [1.165, 1.54) is 0 Å². The van der Waals surface area contributed by atoms with Gasteiger partial charge in [-0.15, -0.1) is 0 Å². The molecule has 0 saturated heterocycles. The molecule has 7 nitrogen and oxygen atoms in total. The molecule has 0 aliphatic carbocycles. The van der Waals surface area contributed by atoms with Crippen LogP contribution in [-0.4, -0.2) is 29.7 Å². The lowest BCUT2D eigenvalue weighted by atomic mass is 9.96. The maximum absolute atomic E-state index is 12.2. The van der Waals surface area contributed by atoms with Crippen LogP contribution in [0.15, 0.2) is 4.79 Å². The van der Waals surface area contributed by atoms with Gasteiger partial charge in [0.15, 0.2) is 0 Å². The molecule has 0 unspecified atom stereocenters. The number of ether oxygens (including phenoxy) is 2. The highest BCUT2D eigenvalue weighted by Gasteiger charge is 2.32. The number of nitrogens with one attached hydrogen (secondary N) is 1. The summed E-state index contributed by atoms with van der Waals surface area (Å²) in [7, 11) is 1.57. The smallest absolute Gasteiger partial charge is 0.310 e. The van der Waals surface area contributed by atoms with E-state index < -0.39 is 17.1 Å². The molecule has 0 aliphatic heterocycles. The first kappa shape index (κ1) is 17.2. The second-order valence-corrected chi connectivity index (χ2v) is 4.67. The monoisotopic (exact) mass is 297 g/mol. The summed E-state index contributed by atoms with van der Waals surface area (Å²) in [5, 5.41) is 0. The zero-order valence-electron chi connectivity index (χ0n) is 13.0. The molecule has 0 spiro atoms. The number of aromatic amines is 1. The summed E-state index contributed by atoms with van der Waals surface area (Å²) in [5.74, 6) is -0.0940. The lowest BCUT2D eigenvalue weighted by Crippen LogP contribution is -2.34. The number of nitrogens with two attached hydrogens (primary N) is 1. The minimum atomic E-state index is -0.685. The van der Waals surface area contributed by atoms with Crippen molar-refractivity contribution in [2.75, 3.05) is 19.5 Å². The fraction of sp³-hybridized carbons (Fsp3) is 0.643. The second kappa shape index (κ2) is 7.21. The Balaban J connectivity index is 3.21. The molecule has 21 heavy (non-hydrogen) atoms. The van der Waals surface area contributed by atoms with Crippen LogP contribution in [0.1, 0.15) is 45.0 Å². The fourth-order valence-electron chi connectivity index (χ4n) is 2.23. The number of carbonyl (C=O) groups excluding carboxylic acids is 1. The van der Waals surface area contributed by atoms with Crippen LogP contribution in [-0.2, 0) is 26.3 Å². The molecule has 0 saturated carbocycles. The van der Waals surface area contributed by atoms with Crippen molar-refractivity contribution in [2.45, 2.75) is 45.6 Å². The van der Waals surface area contributed by atoms with Gasteiger partial charge in [-0.25, -0.2) is 4.98 Å². The molecular weight excluding hydrogens is 274 g/mol. The standard InChI is InChI=1S/C14H23N3O4/c1-5-14(6-2,20-4)13-16-11(15)9(12(19)17-13)8-10(18)21-7-3/h5-8H2,1-4H3,(H3,15,16,17,19). The number of hydrogen-bond donors (Lipinski definition) is 2. The van der Waals surface area contributed by atoms with Gasteiger partial charge in [0, 0.05) is 7.11 Å². The van der Waals surface area contributed by atoms with E-state index in [0.717, 1.165) is 0 Å². The van der Waals surface area contributed by atoms with Gasteiger partial charge >= 0.3 is 5.97 Å². The Morgan fingerprint density at radius 3 is 2.38 bits per heavy atom. The Labute approximate surface area is 123 Å². The van der Waals surface area contributed by atoms with E-state index in [-0.39, 0.29) is 24.4 Å². The Morgan fingerprint density at radius 1 is 1.33 bits per heavy atom. The number of anilines is 1. The zero-order valence-corrected chi connectivity index (χ0v) is 13.0. The summed E-state index contributed by atoms with van der Waals surface area (Å²) in [6, 6.07) is 0. The number of nitrogen functional groups attached to an aromatic ring is 1. The maximum atomic E-state index is 12.2. The molecule has 1 aromatic rings. The highest BCUT2D eigenvalue weighted by atomic mass is 16.5. The van der Waals surface area contributed by atoms with Crippen LogP contribution in [0.25, 0.3) is 0 Å². The largest absolute Gasteiger partial charge is 0.466 e. The van der Waals surface area contributed by atoms with Crippen LogP contribution in [0.4, 0.5) is 5.82 Å². The van der Waals surface area contributed by atoms with Gasteiger partial charge in [-0.2, -0.15) is 0 Å². The molecular formula is C14H23N3O4. The minimum Gasteiger partial charge on any atom is -0.466 e. The predicted molar refractivity (Wildman–Crippen MR) is 78.9 cm³/mol. The number of nitrogens with zero attached hydrogens (tertiary/aromatic N) is 1. The quantitative estimate of drug-likeness (QED) is 0.730. The summed E-state index contributed by atoms with van der Waals surface area (Å²) in [6.07, 6.45) is 1.08. The first-order valence-electron chi connectivity index (χ1n) is 7.03. The molecule has 1 heterocycles. The number of H-pyrrole nitrogens is 1. The molecule has 0 radical (unpaired) electrons. The third-order valence-corrected chi connectivity index (χ3v) is 3.64. The van der Waals surface area contributed by atoms with Gasteiger partial charge in [0.25, 0.3) is 5.56 Å². The van der Waals surface area contributed by atoms with E-state index in [9.17, 15) is 9.59 Å². The van der Waals surface area contributed by atoms with E-state index in [4.69, 9.17) is 15.2 Å². The normalized spacial score (nSPS) is 11.4. The summed E-state index contributed by atoms with van der Waals surface area (Å²) >= 11 is 0. The fourth-order valence-corrected chi connectivity index (χ4v) is 2.23. The van der Waals surface area contributed by atoms with E-state index >= 15 is 0 Å². The number of aromatic nitrogens is 2. The van der Waals surface area contributed by atoms with Crippen LogP contribution in [0, 0.1) is 0 Å². The average molecular weight is 297 g/mol. The highest BCUT2D eigenvalue weighted by Crippen LogP contribution is 2.29. The molecule has 7 heteroatoms. The van der Waals surface area contributed by atoms with Crippen LogP contribution in [0.3, 0.4) is 0 Å². The number of hydrogen-bond acceptors (Lipinski definition) is 6. The van der Waals surface area contributed by atoms with E-state index in [1.54, 1.807) is 14.0 Å². The van der Waals surface area contributed by atoms with E-state index in [1.807, 2.05) is 13.8 Å². The lowest BCUT2D eigenvalue weighted by Gasteiger charge is -2.29. The van der Waals surface area contributed by atoms with Crippen molar-refractivity contribution in [2.24, 2.45) is 0 Å². The van der Waals surface area contributed by atoms with E-state index in [2.05, 4.69) is 9.97 Å². The molecule has 0 aromatic carbocycles. The van der Waals surface area contributed by atoms with Crippen molar-refractivity contribution < 1.29 is 14.3 Å². The Morgan fingerprint density at radius 2 is 1.95 bits per heavy atom. The zero-order chi connectivity index (χ0) is 16.0. The molecule has 1 aromatic heterocycles. The molecule has 3 N–H and O–H groups in total. The third kappa shape index (κ3) is 3.60. The Bertz CT molecular complexity index is 541. The summed E-state index contributed by atoms with van der Waals surface area (Å²) < 4.78 is 10.3. The topological polar surface area (TPSA) is 107 Å². The van der Waals surface area contributed by atoms with Crippen LogP contribution in [0.2, 0.25) is 0 Å². The third-order valence-electron chi connectivity index (χ3n) is 3.64.